The molecule has 1 aliphatic rings. The molecule has 0 spiro atoms. The van der Waals surface area contributed by atoms with Gasteiger partial charge in [-0.2, -0.15) is 0 Å². The normalized spacial score (nSPS) is 17.2. The first-order valence-corrected chi connectivity index (χ1v) is 6.95. The Bertz CT molecular complexity index is 404. The fraction of sp³-hybridized carbons (Fsp3) is 0.625. The highest BCUT2D eigenvalue weighted by molar-refractivity contribution is 5.41. The van der Waals surface area contributed by atoms with Gasteiger partial charge in [0.05, 0.1) is 0 Å². The van der Waals surface area contributed by atoms with Crippen molar-refractivity contribution in [3.63, 3.8) is 0 Å². The van der Waals surface area contributed by atoms with Crippen LogP contribution in [0.2, 0.25) is 0 Å². The van der Waals surface area contributed by atoms with E-state index in [1.54, 1.807) is 0 Å². The smallest absolute Gasteiger partial charge is 0.183 e. The zero-order valence-electron chi connectivity index (χ0n) is 12.0. The molecule has 0 unspecified atom stereocenters. The van der Waals surface area contributed by atoms with Crippen LogP contribution in [0.3, 0.4) is 0 Å². The van der Waals surface area contributed by atoms with Crippen LogP contribution in [0.25, 0.3) is 0 Å². The van der Waals surface area contributed by atoms with E-state index in [-0.39, 0.29) is 11.7 Å². The first-order chi connectivity index (χ1) is 8.58. The predicted molar refractivity (Wildman–Crippen MR) is 73.8 cm³/mol. The fourth-order valence-corrected chi connectivity index (χ4v) is 2.71. The van der Waals surface area contributed by atoms with Gasteiger partial charge in [-0.1, -0.05) is 26.0 Å². The lowest BCUT2D eigenvalue weighted by atomic mass is 9.86. The van der Waals surface area contributed by atoms with Gasteiger partial charge in [0.2, 0.25) is 0 Å². The van der Waals surface area contributed by atoms with E-state index in [2.05, 4.69) is 32.0 Å². The van der Waals surface area contributed by atoms with E-state index in [1.165, 1.54) is 24.0 Å². The van der Waals surface area contributed by atoms with Crippen LogP contribution in [0.4, 0.5) is 0 Å². The minimum Gasteiger partial charge on any atom is -0.349 e. The average Bonchev–Trinajstić information content (AvgIpc) is 2.65. The van der Waals surface area contributed by atoms with Gasteiger partial charge in [0.25, 0.3) is 0 Å². The van der Waals surface area contributed by atoms with Gasteiger partial charge < -0.3 is 9.47 Å². The third kappa shape index (κ3) is 2.60. The summed E-state index contributed by atoms with van der Waals surface area (Å²) in [6.07, 6.45) is 2.21. The monoisotopic (exact) mass is 248 g/mol. The molecule has 2 heteroatoms. The van der Waals surface area contributed by atoms with Crippen molar-refractivity contribution in [3.05, 3.63) is 34.9 Å². The standard InChI is InChI=1S/C16H24O2/c1-5-17-15(18-6-2)13-8-7-12-9-10-16(3,4)14(12)11-13/h7-8,11,15H,5-6,9-10H2,1-4H3. The molecule has 0 radical (unpaired) electrons. The number of fused-ring (bicyclic) bond motifs is 1. The molecule has 18 heavy (non-hydrogen) atoms. The van der Waals surface area contributed by atoms with Gasteiger partial charge in [-0.3, -0.25) is 0 Å². The number of benzene rings is 1. The molecule has 100 valence electrons. The quantitative estimate of drug-likeness (QED) is 0.734. The first kappa shape index (κ1) is 13.6. The van der Waals surface area contributed by atoms with Crippen molar-refractivity contribution in [2.45, 2.75) is 52.2 Å². The molecule has 0 fully saturated rings. The molecule has 0 aliphatic heterocycles. The van der Waals surface area contributed by atoms with Crippen LogP contribution >= 0.6 is 0 Å². The number of hydrogen-bond donors (Lipinski definition) is 0. The van der Waals surface area contributed by atoms with Crippen molar-refractivity contribution in [3.8, 4) is 0 Å². The molecule has 1 aliphatic carbocycles. The topological polar surface area (TPSA) is 18.5 Å². The summed E-state index contributed by atoms with van der Waals surface area (Å²) in [4.78, 5) is 0. The summed E-state index contributed by atoms with van der Waals surface area (Å²) in [6, 6.07) is 6.67. The minimum absolute atomic E-state index is 0.221. The summed E-state index contributed by atoms with van der Waals surface area (Å²) in [7, 11) is 0. The summed E-state index contributed by atoms with van der Waals surface area (Å²) in [5.74, 6) is 0. The Balaban J connectivity index is 2.29. The third-order valence-corrected chi connectivity index (χ3v) is 3.79. The maximum atomic E-state index is 5.67. The largest absolute Gasteiger partial charge is 0.349 e. The highest BCUT2D eigenvalue weighted by Crippen LogP contribution is 2.39. The van der Waals surface area contributed by atoms with E-state index in [1.807, 2.05) is 13.8 Å². The Morgan fingerprint density at radius 1 is 1.17 bits per heavy atom. The molecular weight excluding hydrogens is 224 g/mol. The molecule has 0 saturated carbocycles. The Morgan fingerprint density at radius 3 is 2.44 bits per heavy atom. The SMILES string of the molecule is CCOC(OCC)c1ccc2c(c1)C(C)(C)CC2. The molecule has 0 bridgehead atoms. The maximum Gasteiger partial charge on any atom is 0.183 e. The van der Waals surface area contributed by atoms with E-state index in [0.717, 1.165) is 5.56 Å². The Kier molecular flexibility index (Phi) is 4.08. The molecule has 0 N–H and O–H groups in total. The minimum atomic E-state index is -0.221. The highest BCUT2D eigenvalue weighted by Gasteiger charge is 2.30. The van der Waals surface area contributed by atoms with Crippen LogP contribution in [0, 0.1) is 0 Å². The van der Waals surface area contributed by atoms with Crippen LogP contribution in [-0.4, -0.2) is 13.2 Å². The third-order valence-electron chi connectivity index (χ3n) is 3.79. The summed E-state index contributed by atoms with van der Waals surface area (Å²) in [5.41, 5.74) is 4.38. The van der Waals surface area contributed by atoms with Gasteiger partial charge >= 0.3 is 0 Å². The van der Waals surface area contributed by atoms with E-state index in [4.69, 9.17) is 9.47 Å². The van der Waals surface area contributed by atoms with Crippen molar-refractivity contribution in [2.24, 2.45) is 0 Å². The number of aryl methyl sites for hydroxylation is 1. The van der Waals surface area contributed by atoms with Gasteiger partial charge in [-0.05, 0) is 49.3 Å². The van der Waals surface area contributed by atoms with Gasteiger partial charge in [0, 0.05) is 18.8 Å². The van der Waals surface area contributed by atoms with Gasteiger partial charge in [0.15, 0.2) is 6.29 Å². The van der Waals surface area contributed by atoms with E-state index in [0.29, 0.717) is 13.2 Å². The second-order valence-corrected chi connectivity index (χ2v) is 5.54. The molecule has 2 rings (SSSR count). The molecular formula is C16H24O2. The molecule has 0 amide bonds. The number of rotatable bonds is 5. The van der Waals surface area contributed by atoms with E-state index < -0.39 is 0 Å². The summed E-state index contributed by atoms with van der Waals surface area (Å²) in [5, 5.41) is 0. The Hall–Kier alpha value is -0.860. The number of hydrogen-bond acceptors (Lipinski definition) is 2. The van der Waals surface area contributed by atoms with Crippen molar-refractivity contribution in [1.29, 1.82) is 0 Å². The molecule has 0 heterocycles. The lowest BCUT2D eigenvalue weighted by Gasteiger charge is -2.22. The van der Waals surface area contributed by atoms with Gasteiger partial charge in [-0.15, -0.1) is 0 Å². The lowest BCUT2D eigenvalue weighted by Crippen LogP contribution is -2.14. The van der Waals surface area contributed by atoms with E-state index in [9.17, 15) is 0 Å². The number of ether oxygens (including phenoxy) is 2. The first-order valence-electron chi connectivity index (χ1n) is 6.95. The lowest BCUT2D eigenvalue weighted by molar-refractivity contribution is -0.140. The van der Waals surface area contributed by atoms with Gasteiger partial charge in [-0.25, -0.2) is 0 Å². The zero-order valence-corrected chi connectivity index (χ0v) is 12.0. The molecule has 0 atom stereocenters. The Labute approximate surface area is 110 Å². The highest BCUT2D eigenvalue weighted by atomic mass is 16.7. The fourth-order valence-electron chi connectivity index (χ4n) is 2.71. The Morgan fingerprint density at radius 2 is 1.83 bits per heavy atom. The van der Waals surface area contributed by atoms with E-state index >= 15 is 0 Å². The van der Waals surface area contributed by atoms with Crippen molar-refractivity contribution >= 4 is 0 Å². The van der Waals surface area contributed by atoms with Crippen molar-refractivity contribution in [2.75, 3.05) is 13.2 Å². The van der Waals surface area contributed by atoms with Gasteiger partial charge in [0.1, 0.15) is 0 Å². The molecule has 1 aromatic rings. The molecule has 0 aromatic heterocycles. The van der Waals surface area contributed by atoms with Crippen LogP contribution in [0.1, 0.15) is 57.1 Å². The predicted octanol–water partition coefficient (Wildman–Crippen LogP) is 3.98. The zero-order chi connectivity index (χ0) is 13.2. The summed E-state index contributed by atoms with van der Waals surface area (Å²) < 4.78 is 11.3. The molecule has 1 aromatic carbocycles. The van der Waals surface area contributed by atoms with Crippen LogP contribution in [0.5, 0.6) is 0 Å². The van der Waals surface area contributed by atoms with Crippen molar-refractivity contribution in [1.82, 2.24) is 0 Å². The van der Waals surface area contributed by atoms with Crippen molar-refractivity contribution < 1.29 is 9.47 Å². The van der Waals surface area contributed by atoms with Crippen LogP contribution in [0.15, 0.2) is 18.2 Å². The van der Waals surface area contributed by atoms with Crippen LogP contribution < -0.4 is 0 Å². The second-order valence-electron chi connectivity index (χ2n) is 5.54. The average molecular weight is 248 g/mol. The molecule has 0 saturated heterocycles. The second kappa shape index (κ2) is 5.41. The molecule has 2 nitrogen and oxygen atoms in total. The maximum absolute atomic E-state index is 5.67. The summed E-state index contributed by atoms with van der Waals surface area (Å²) in [6.45, 7) is 9.99. The van der Waals surface area contributed by atoms with Crippen LogP contribution in [-0.2, 0) is 21.3 Å². The summed E-state index contributed by atoms with van der Waals surface area (Å²) >= 11 is 0.